The molecule has 1 heterocycles. The number of pyridine rings is 1. The number of aryl methyl sites for hydroxylation is 1. The Kier molecular flexibility index (Phi) is 3.21. The zero-order chi connectivity index (χ0) is 10.7. The molecule has 1 aliphatic rings. The van der Waals surface area contributed by atoms with Crippen LogP contribution in [0.15, 0.2) is 18.5 Å². The summed E-state index contributed by atoms with van der Waals surface area (Å²) in [7, 11) is 0. The van der Waals surface area contributed by atoms with Crippen molar-refractivity contribution in [2.45, 2.75) is 44.8 Å². The molecule has 1 aromatic heterocycles. The van der Waals surface area contributed by atoms with Gasteiger partial charge in [0, 0.05) is 18.1 Å². The molecule has 0 amide bonds. The lowest BCUT2D eigenvalue weighted by molar-refractivity contribution is 0.116. The van der Waals surface area contributed by atoms with Gasteiger partial charge >= 0.3 is 0 Å². The minimum absolute atomic E-state index is 0.202. The Morgan fingerprint density at radius 1 is 1.40 bits per heavy atom. The van der Waals surface area contributed by atoms with Gasteiger partial charge in [0.15, 0.2) is 0 Å². The molecule has 1 fully saturated rings. The Bertz CT molecular complexity index is 327. The van der Waals surface area contributed by atoms with Crippen molar-refractivity contribution in [2.24, 2.45) is 0 Å². The Morgan fingerprint density at radius 2 is 2.20 bits per heavy atom. The maximum atomic E-state index is 9.84. The highest BCUT2D eigenvalue weighted by molar-refractivity contribution is 5.49. The van der Waals surface area contributed by atoms with E-state index in [2.05, 4.69) is 10.3 Å². The lowest BCUT2D eigenvalue weighted by Crippen LogP contribution is -2.36. The number of aromatic nitrogens is 1. The first-order valence-corrected chi connectivity index (χ1v) is 5.62. The first kappa shape index (κ1) is 10.4. The summed E-state index contributed by atoms with van der Waals surface area (Å²) in [6, 6.07) is 2.18. The number of aliphatic hydroxyl groups is 1. The van der Waals surface area contributed by atoms with Crippen LogP contribution in [0.4, 0.5) is 5.69 Å². The SMILES string of the molecule is Cc1cnccc1NC1CCCCC1O. The molecule has 0 spiro atoms. The Hall–Kier alpha value is -1.09. The van der Waals surface area contributed by atoms with E-state index in [0.717, 1.165) is 30.5 Å². The summed E-state index contributed by atoms with van der Waals surface area (Å²) in [5, 5.41) is 13.3. The normalized spacial score (nSPS) is 26.3. The minimum Gasteiger partial charge on any atom is -0.391 e. The van der Waals surface area contributed by atoms with E-state index in [-0.39, 0.29) is 12.1 Å². The number of rotatable bonds is 2. The number of nitrogens with one attached hydrogen (secondary N) is 1. The fourth-order valence-electron chi connectivity index (χ4n) is 2.11. The summed E-state index contributed by atoms with van der Waals surface area (Å²) in [6.07, 6.45) is 7.76. The number of aliphatic hydroxyl groups excluding tert-OH is 1. The van der Waals surface area contributed by atoms with E-state index in [9.17, 15) is 5.11 Å². The third kappa shape index (κ3) is 2.48. The molecule has 2 atom stereocenters. The largest absolute Gasteiger partial charge is 0.391 e. The van der Waals surface area contributed by atoms with Crippen LogP contribution in [0.5, 0.6) is 0 Å². The number of nitrogens with zero attached hydrogens (tertiary/aromatic N) is 1. The molecule has 3 nitrogen and oxygen atoms in total. The summed E-state index contributed by atoms with van der Waals surface area (Å²) < 4.78 is 0. The van der Waals surface area contributed by atoms with Gasteiger partial charge in [0.05, 0.1) is 12.1 Å². The fourth-order valence-corrected chi connectivity index (χ4v) is 2.11. The summed E-state index contributed by atoms with van der Waals surface area (Å²) in [4.78, 5) is 4.05. The van der Waals surface area contributed by atoms with E-state index in [0.29, 0.717) is 0 Å². The maximum absolute atomic E-state index is 9.84. The Labute approximate surface area is 90.5 Å². The average molecular weight is 206 g/mol. The molecule has 0 radical (unpaired) electrons. The molecule has 0 saturated heterocycles. The fraction of sp³-hybridized carbons (Fsp3) is 0.583. The van der Waals surface area contributed by atoms with Crippen LogP contribution in [-0.2, 0) is 0 Å². The van der Waals surface area contributed by atoms with Gasteiger partial charge in [-0.15, -0.1) is 0 Å². The van der Waals surface area contributed by atoms with Crippen LogP contribution < -0.4 is 5.32 Å². The second-order valence-electron chi connectivity index (χ2n) is 4.29. The van der Waals surface area contributed by atoms with Crippen molar-refractivity contribution in [1.29, 1.82) is 0 Å². The first-order chi connectivity index (χ1) is 7.27. The van der Waals surface area contributed by atoms with Crippen LogP contribution in [0, 0.1) is 6.92 Å². The lowest BCUT2D eigenvalue weighted by Gasteiger charge is -2.29. The highest BCUT2D eigenvalue weighted by Gasteiger charge is 2.22. The Morgan fingerprint density at radius 3 is 2.93 bits per heavy atom. The third-order valence-corrected chi connectivity index (χ3v) is 3.09. The summed E-state index contributed by atoms with van der Waals surface area (Å²) in [6.45, 7) is 2.03. The van der Waals surface area contributed by atoms with Gasteiger partial charge in [0.2, 0.25) is 0 Å². The van der Waals surface area contributed by atoms with Gasteiger partial charge in [-0.2, -0.15) is 0 Å². The third-order valence-electron chi connectivity index (χ3n) is 3.09. The van der Waals surface area contributed by atoms with Crippen LogP contribution in [-0.4, -0.2) is 22.2 Å². The van der Waals surface area contributed by atoms with Gasteiger partial charge in [-0.1, -0.05) is 12.8 Å². The topological polar surface area (TPSA) is 45.2 Å². The van der Waals surface area contributed by atoms with Crippen molar-refractivity contribution in [3.8, 4) is 0 Å². The van der Waals surface area contributed by atoms with Crippen molar-refractivity contribution in [1.82, 2.24) is 4.98 Å². The molecule has 0 aliphatic heterocycles. The molecule has 0 bridgehead atoms. The summed E-state index contributed by atoms with van der Waals surface area (Å²) in [5.41, 5.74) is 2.23. The van der Waals surface area contributed by atoms with Crippen molar-refractivity contribution < 1.29 is 5.11 Å². The molecule has 1 saturated carbocycles. The molecule has 82 valence electrons. The van der Waals surface area contributed by atoms with Crippen molar-refractivity contribution in [2.75, 3.05) is 5.32 Å². The summed E-state index contributed by atoms with van der Waals surface area (Å²) in [5.74, 6) is 0. The monoisotopic (exact) mass is 206 g/mol. The molecule has 0 aromatic carbocycles. The second kappa shape index (κ2) is 4.62. The van der Waals surface area contributed by atoms with Crippen LogP contribution in [0.2, 0.25) is 0 Å². The smallest absolute Gasteiger partial charge is 0.0741 e. The molecular weight excluding hydrogens is 188 g/mol. The van der Waals surface area contributed by atoms with E-state index in [1.807, 2.05) is 19.2 Å². The zero-order valence-electron chi connectivity index (χ0n) is 9.11. The predicted molar refractivity (Wildman–Crippen MR) is 60.9 cm³/mol. The highest BCUT2D eigenvalue weighted by atomic mass is 16.3. The zero-order valence-corrected chi connectivity index (χ0v) is 9.11. The molecule has 3 heteroatoms. The van der Waals surface area contributed by atoms with Gasteiger partial charge in [-0.05, 0) is 31.4 Å². The quantitative estimate of drug-likeness (QED) is 0.779. The van der Waals surface area contributed by atoms with Gasteiger partial charge in [-0.25, -0.2) is 0 Å². The van der Waals surface area contributed by atoms with Crippen molar-refractivity contribution in [3.05, 3.63) is 24.0 Å². The molecular formula is C12H18N2O. The molecule has 2 unspecified atom stereocenters. The highest BCUT2D eigenvalue weighted by Crippen LogP contribution is 2.23. The van der Waals surface area contributed by atoms with Crippen LogP contribution in [0.25, 0.3) is 0 Å². The van der Waals surface area contributed by atoms with Crippen molar-refractivity contribution in [3.63, 3.8) is 0 Å². The van der Waals surface area contributed by atoms with E-state index < -0.39 is 0 Å². The number of hydrogen-bond acceptors (Lipinski definition) is 3. The molecule has 2 rings (SSSR count). The predicted octanol–water partition coefficient (Wildman–Crippen LogP) is 2.11. The molecule has 1 aliphatic carbocycles. The van der Waals surface area contributed by atoms with Crippen molar-refractivity contribution >= 4 is 5.69 Å². The van der Waals surface area contributed by atoms with Crippen LogP contribution >= 0.6 is 0 Å². The first-order valence-electron chi connectivity index (χ1n) is 5.62. The van der Waals surface area contributed by atoms with Gasteiger partial charge < -0.3 is 10.4 Å². The Balaban J connectivity index is 2.04. The number of anilines is 1. The summed E-state index contributed by atoms with van der Waals surface area (Å²) >= 11 is 0. The van der Waals surface area contributed by atoms with E-state index >= 15 is 0 Å². The lowest BCUT2D eigenvalue weighted by atomic mass is 9.92. The standard InChI is InChI=1S/C12H18N2O/c1-9-8-13-7-6-10(9)14-11-4-2-3-5-12(11)15/h6-8,11-12,15H,2-5H2,1H3,(H,13,14). The minimum atomic E-state index is -0.202. The maximum Gasteiger partial charge on any atom is 0.0741 e. The van der Waals surface area contributed by atoms with Gasteiger partial charge in [0.25, 0.3) is 0 Å². The number of hydrogen-bond donors (Lipinski definition) is 2. The van der Waals surface area contributed by atoms with Gasteiger partial charge in [-0.3, -0.25) is 4.98 Å². The second-order valence-corrected chi connectivity index (χ2v) is 4.29. The average Bonchev–Trinajstić information content (AvgIpc) is 2.24. The van der Waals surface area contributed by atoms with E-state index in [4.69, 9.17) is 0 Å². The van der Waals surface area contributed by atoms with Gasteiger partial charge in [0.1, 0.15) is 0 Å². The molecule has 15 heavy (non-hydrogen) atoms. The van der Waals surface area contributed by atoms with Crippen LogP contribution in [0.1, 0.15) is 31.2 Å². The molecule has 1 aromatic rings. The molecule has 2 N–H and O–H groups in total. The van der Waals surface area contributed by atoms with Crippen LogP contribution in [0.3, 0.4) is 0 Å². The van der Waals surface area contributed by atoms with E-state index in [1.165, 1.54) is 6.42 Å². The van der Waals surface area contributed by atoms with E-state index in [1.54, 1.807) is 6.20 Å².